The van der Waals surface area contributed by atoms with Crippen LogP contribution in [-0.2, 0) is 4.79 Å². The van der Waals surface area contributed by atoms with Crippen molar-refractivity contribution in [3.05, 3.63) is 0 Å². The van der Waals surface area contributed by atoms with Crippen LogP contribution in [0.3, 0.4) is 0 Å². The van der Waals surface area contributed by atoms with Crippen LogP contribution in [-0.4, -0.2) is 24.4 Å². The van der Waals surface area contributed by atoms with E-state index in [-0.39, 0.29) is 17.9 Å². The van der Waals surface area contributed by atoms with Crippen molar-refractivity contribution < 1.29 is 4.79 Å². The first kappa shape index (κ1) is 17.0. The Balaban J connectivity index is 0.000000956. The molecule has 0 aromatic rings. The Morgan fingerprint density at radius 3 is 2.50 bits per heavy atom. The number of nitriles is 1. The van der Waals surface area contributed by atoms with Gasteiger partial charge in [0.2, 0.25) is 5.91 Å². The van der Waals surface area contributed by atoms with Crippen LogP contribution in [0.4, 0.5) is 0 Å². The second kappa shape index (κ2) is 7.11. The van der Waals surface area contributed by atoms with Crippen molar-refractivity contribution in [2.45, 2.75) is 59.8 Å². The molecule has 0 saturated heterocycles. The molecule has 0 aromatic carbocycles. The van der Waals surface area contributed by atoms with Gasteiger partial charge in [-0.2, -0.15) is 5.26 Å². The van der Waals surface area contributed by atoms with Crippen molar-refractivity contribution >= 4 is 5.91 Å². The summed E-state index contributed by atoms with van der Waals surface area (Å²) in [5, 5.41) is 8.76. The average Bonchev–Trinajstić information content (AvgIpc) is 2.43. The number of fused-ring (bicyclic) bond motifs is 4. The van der Waals surface area contributed by atoms with Crippen LogP contribution in [0.5, 0.6) is 0 Å². The summed E-state index contributed by atoms with van der Waals surface area (Å²) in [6.45, 7) is 8.72. The molecule has 20 heavy (non-hydrogen) atoms. The lowest BCUT2D eigenvalue weighted by Gasteiger charge is -2.56. The lowest BCUT2D eigenvalue weighted by molar-refractivity contribution is -0.163. The molecule has 3 nitrogen and oxygen atoms in total. The Bertz CT molecular complexity index is 374. The molecule has 0 spiro atoms. The molecular formula is C17H30N2O. The first-order valence-corrected chi connectivity index (χ1v) is 8.14. The van der Waals surface area contributed by atoms with E-state index in [9.17, 15) is 4.79 Å². The van der Waals surface area contributed by atoms with Gasteiger partial charge in [0.1, 0.15) is 6.54 Å². The van der Waals surface area contributed by atoms with Crippen molar-refractivity contribution in [1.82, 2.24) is 4.90 Å². The summed E-state index contributed by atoms with van der Waals surface area (Å²) in [7, 11) is 1.77. The van der Waals surface area contributed by atoms with E-state index < -0.39 is 0 Å². The van der Waals surface area contributed by atoms with E-state index in [1.807, 2.05) is 13.8 Å². The molecule has 3 aliphatic carbocycles. The maximum Gasteiger partial charge on any atom is 0.229 e. The van der Waals surface area contributed by atoms with E-state index >= 15 is 0 Å². The Labute approximate surface area is 124 Å². The van der Waals surface area contributed by atoms with Crippen LogP contribution in [0, 0.1) is 34.5 Å². The normalized spacial score (nSPS) is 35.3. The SMILES string of the molecule is CC.CC1[C@H]2CCC[C@@H](C)CC1(C(=O)N(C)CC#N)C2. The molecule has 0 heterocycles. The summed E-state index contributed by atoms with van der Waals surface area (Å²) in [6.07, 6.45) is 5.91. The zero-order valence-corrected chi connectivity index (χ0v) is 13.8. The predicted molar refractivity (Wildman–Crippen MR) is 81.9 cm³/mol. The van der Waals surface area contributed by atoms with E-state index in [1.165, 1.54) is 19.3 Å². The third-order valence-electron chi connectivity index (χ3n) is 5.27. The molecule has 0 N–H and O–H groups in total. The topological polar surface area (TPSA) is 44.1 Å². The fraction of sp³-hybridized carbons (Fsp3) is 0.882. The number of hydrogen-bond acceptors (Lipinski definition) is 2. The molecule has 3 rings (SSSR count). The smallest absolute Gasteiger partial charge is 0.229 e. The third kappa shape index (κ3) is 3.00. The zero-order chi connectivity index (χ0) is 15.3. The number of carbonyl (C=O) groups excluding carboxylic acids is 1. The second-order valence-electron chi connectivity index (χ2n) is 6.47. The molecule has 3 saturated carbocycles. The minimum atomic E-state index is -0.157. The van der Waals surface area contributed by atoms with Gasteiger partial charge in [0.25, 0.3) is 0 Å². The quantitative estimate of drug-likeness (QED) is 0.720. The van der Waals surface area contributed by atoms with Crippen LogP contribution in [0.15, 0.2) is 0 Å². The van der Waals surface area contributed by atoms with Gasteiger partial charge >= 0.3 is 0 Å². The van der Waals surface area contributed by atoms with Crippen molar-refractivity contribution in [2.24, 2.45) is 23.2 Å². The Morgan fingerprint density at radius 2 is 1.95 bits per heavy atom. The van der Waals surface area contributed by atoms with E-state index in [2.05, 4.69) is 19.9 Å². The van der Waals surface area contributed by atoms with Crippen LogP contribution in [0.25, 0.3) is 0 Å². The van der Waals surface area contributed by atoms with Crippen molar-refractivity contribution in [3.8, 4) is 6.07 Å². The standard InChI is InChI=1S/C15H24N2O.C2H6/c1-11-5-4-6-13-10-15(9-11,12(13)2)14(18)17(3)8-7-16;1-2/h11-13H,4-6,8-10H2,1-3H3;1-2H3/t11-,12?,13+,15?;/m1./s1. The van der Waals surface area contributed by atoms with Gasteiger partial charge < -0.3 is 4.90 Å². The molecular weight excluding hydrogens is 248 g/mol. The maximum absolute atomic E-state index is 12.6. The molecule has 114 valence electrons. The molecule has 3 heteroatoms. The number of amides is 1. The zero-order valence-electron chi connectivity index (χ0n) is 13.8. The van der Waals surface area contributed by atoms with Gasteiger partial charge in [0, 0.05) is 7.05 Å². The van der Waals surface area contributed by atoms with E-state index in [1.54, 1.807) is 11.9 Å². The van der Waals surface area contributed by atoms with Crippen LogP contribution < -0.4 is 0 Å². The molecule has 2 bridgehead atoms. The minimum absolute atomic E-state index is 0.157. The fourth-order valence-corrected chi connectivity index (χ4v) is 4.12. The number of rotatable bonds is 2. The largest absolute Gasteiger partial charge is 0.332 e. The number of carbonyl (C=O) groups is 1. The van der Waals surface area contributed by atoms with E-state index in [0.29, 0.717) is 11.8 Å². The molecule has 0 radical (unpaired) electrons. The van der Waals surface area contributed by atoms with E-state index in [4.69, 9.17) is 5.26 Å². The summed E-state index contributed by atoms with van der Waals surface area (Å²) in [4.78, 5) is 14.3. The highest BCUT2D eigenvalue weighted by molar-refractivity contribution is 5.84. The maximum atomic E-state index is 12.6. The van der Waals surface area contributed by atoms with Crippen LogP contribution >= 0.6 is 0 Å². The van der Waals surface area contributed by atoms with Gasteiger partial charge in [-0.05, 0) is 30.6 Å². The highest BCUT2D eigenvalue weighted by Crippen LogP contribution is 2.58. The summed E-state index contributed by atoms with van der Waals surface area (Å²) in [5.74, 6) is 2.07. The lowest BCUT2D eigenvalue weighted by Crippen LogP contribution is -2.57. The van der Waals surface area contributed by atoms with Crippen molar-refractivity contribution in [2.75, 3.05) is 13.6 Å². The molecule has 3 aliphatic rings. The van der Waals surface area contributed by atoms with Crippen LogP contribution in [0.1, 0.15) is 59.8 Å². The molecule has 0 aliphatic heterocycles. The summed E-state index contributed by atoms with van der Waals surface area (Å²) in [6, 6.07) is 2.08. The first-order chi connectivity index (χ1) is 9.51. The minimum Gasteiger partial charge on any atom is -0.332 e. The number of nitrogens with zero attached hydrogens (tertiary/aromatic N) is 2. The molecule has 0 aromatic heterocycles. The first-order valence-electron chi connectivity index (χ1n) is 8.14. The third-order valence-corrected chi connectivity index (χ3v) is 5.27. The van der Waals surface area contributed by atoms with Crippen LogP contribution in [0.2, 0.25) is 0 Å². The summed E-state index contributed by atoms with van der Waals surface area (Å²) >= 11 is 0. The van der Waals surface area contributed by atoms with Gasteiger partial charge in [-0.3, -0.25) is 4.79 Å². The molecule has 1 amide bonds. The summed E-state index contributed by atoms with van der Waals surface area (Å²) < 4.78 is 0. The lowest BCUT2D eigenvalue weighted by atomic mass is 9.49. The predicted octanol–water partition coefficient (Wildman–Crippen LogP) is 3.85. The molecule has 3 fully saturated rings. The van der Waals surface area contributed by atoms with Gasteiger partial charge in [-0.1, -0.05) is 47.0 Å². The summed E-state index contributed by atoms with van der Waals surface area (Å²) in [5.41, 5.74) is -0.157. The van der Waals surface area contributed by atoms with Crippen molar-refractivity contribution in [1.29, 1.82) is 5.26 Å². The Hall–Kier alpha value is -1.04. The van der Waals surface area contributed by atoms with Gasteiger partial charge in [0.15, 0.2) is 0 Å². The van der Waals surface area contributed by atoms with Gasteiger partial charge in [-0.15, -0.1) is 0 Å². The average molecular weight is 278 g/mol. The van der Waals surface area contributed by atoms with Gasteiger partial charge in [0.05, 0.1) is 11.5 Å². The monoisotopic (exact) mass is 278 g/mol. The molecule has 4 atom stereocenters. The number of hydrogen-bond donors (Lipinski definition) is 0. The Kier molecular flexibility index (Phi) is 6.05. The molecule has 2 unspecified atom stereocenters. The van der Waals surface area contributed by atoms with Gasteiger partial charge in [-0.25, -0.2) is 0 Å². The Morgan fingerprint density at radius 1 is 1.30 bits per heavy atom. The highest BCUT2D eigenvalue weighted by atomic mass is 16.2. The fourth-order valence-electron chi connectivity index (χ4n) is 4.12. The van der Waals surface area contributed by atoms with E-state index in [0.717, 1.165) is 18.8 Å². The second-order valence-corrected chi connectivity index (χ2v) is 6.47. The van der Waals surface area contributed by atoms with Crippen molar-refractivity contribution in [3.63, 3.8) is 0 Å². The highest BCUT2D eigenvalue weighted by Gasteiger charge is 2.57.